The summed E-state index contributed by atoms with van der Waals surface area (Å²) in [4.78, 5) is 28.0. The Morgan fingerprint density at radius 2 is 1.52 bits per heavy atom. The summed E-state index contributed by atoms with van der Waals surface area (Å²) in [7, 11) is 0. The highest BCUT2D eigenvalue weighted by molar-refractivity contribution is 5.97. The van der Waals surface area contributed by atoms with E-state index in [-0.39, 0.29) is 11.3 Å². The van der Waals surface area contributed by atoms with Gasteiger partial charge in [-0.2, -0.15) is 0 Å². The molecule has 0 atom stereocenters. The number of nitrogens with zero attached hydrogens (tertiary/aromatic N) is 1. The van der Waals surface area contributed by atoms with Crippen molar-refractivity contribution in [3.8, 4) is 16.9 Å². The Bertz CT molecular complexity index is 1360. The summed E-state index contributed by atoms with van der Waals surface area (Å²) >= 11 is 0. The Morgan fingerprint density at radius 3 is 2.15 bits per heavy atom. The second-order valence-corrected chi connectivity index (χ2v) is 12.8. The van der Waals surface area contributed by atoms with E-state index in [9.17, 15) is 9.59 Å². The smallest absolute Gasteiger partial charge is 0.345 e. The highest BCUT2D eigenvalue weighted by Gasteiger charge is 2.34. The lowest BCUT2D eigenvalue weighted by atomic mass is 9.86. The zero-order valence-corrected chi connectivity index (χ0v) is 24.5. The molecule has 1 amide bonds. The van der Waals surface area contributed by atoms with Crippen LogP contribution in [0.15, 0.2) is 66.7 Å². The van der Waals surface area contributed by atoms with Crippen molar-refractivity contribution >= 4 is 17.6 Å². The van der Waals surface area contributed by atoms with E-state index in [1.165, 1.54) is 36.8 Å². The summed E-state index contributed by atoms with van der Waals surface area (Å²) in [6.45, 7) is 10.5. The first-order chi connectivity index (χ1) is 19.0. The zero-order valence-electron chi connectivity index (χ0n) is 24.5. The fourth-order valence-electron chi connectivity index (χ4n) is 5.73. The number of rotatable bonds is 7. The molecule has 1 aliphatic carbocycles. The highest BCUT2D eigenvalue weighted by Crippen LogP contribution is 2.36. The van der Waals surface area contributed by atoms with Gasteiger partial charge in [0.2, 0.25) is 11.7 Å². The maximum atomic E-state index is 13.7. The van der Waals surface area contributed by atoms with Crippen molar-refractivity contribution in [1.29, 1.82) is 0 Å². The van der Waals surface area contributed by atoms with Gasteiger partial charge in [-0.05, 0) is 52.1 Å². The normalized spacial score (nSPS) is 16.7. The van der Waals surface area contributed by atoms with Gasteiger partial charge in [-0.3, -0.25) is 4.79 Å². The van der Waals surface area contributed by atoms with Crippen LogP contribution in [0.4, 0.5) is 5.69 Å². The highest BCUT2D eigenvalue weighted by atomic mass is 16.7. The first-order valence-corrected chi connectivity index (χ1v) is 14.6. The molecular weight excluding hydrogens is 498 g/mol. The number of amides is 1. The maximum Gasteiger partial charge on any atom is 0.345 e. The van der Waals surface area contributed by atoms with E-state index >= 15 is 0 Å². The second-order valence-electron chi connectivity index (χ2n) is 12.8. The molecule has 0 radical (unpaired) electrons. The molecule has 1 fully saturated rings. The second kappa shape index (κ2) is 11.1. The molecule has 3 aromatic carbocycles. The summed E-state index contributed by atoms with van der Waals surface area (Å²) in [5, 5.41) is 0. The standard InChI is InChI=1S/C35H41NO4/c1-34(2,3)28-17-15-27(16-18-28)26-13-10-25(11-14-26)23-36(32(37)21-12-24-8-6-7-9-24)29-19-20-30-31(22-29)39-35(4,5)40-33(30)38/h10-11,13-20,22,24H,6-9,12,21,23H2,1-5H3. The Balaban J connectivity index is 1.38. The van der Waals surface area contributed by atoms with Crippen LogP contribution in [0.5, 0.6) is 5.75 Å². The number of carbonyl (C=O) groups is 2. The Morgan fingerprint density at radius 1 is 0.900 bits per heavy atom. The molecule has 1 heterocycles. The minimum absolute atomic E-state index is 0.0892. The van der Waals surface area contributed by atoms with Gasteiger partial charge in [0, 0.05) is 32.0 Å². The molecule has 5 heteroatoms. The SMILES string of the molecule is CC1(C)OC(=O)c2ccc(N(Cc3ccc(-c4ccc(C(C)(C)C)cc4)cc3)C(=O)CCC3CCCC3)cc2O1. The van der Waals surface area contributed by atoms with E-state index in [1.807, 2.05) is 11.0 Å². The van der Waals surface area contributed by atoms with E-state index < -0.39 is 11.8 Å². The Labute approximate surface area is 238 Å². The van der Waals surface area contributed by atoms with Crippen LogP contribution in [-0.4, -0.2) is 17.7 Å². The molecule has 0 spiro atoms. The van der Waals surface area contributed by atoms with E-state index in [1.54, 1.807) is 26.0 Å². The fraction of sp³-hybridized carbons (Fsp3) is 0.429. The Kier molecular flexibility index (Phi) is 7.76. The van der Waals surface area contributed by atoms with Crippen LogP contribution in [0, 0.1) is 5.92 Å². The van der Waals surface area contributed by atoms with Gasteiger partial charge in [0.25, 0.3) is 0 Å². The van der Waals surface area contributed by atoms with Gasteiger partial charge in [0.15, 0.2) is 0 Å². The van der Waals surface area contributed by atoms with Crippen LogP contribution in [0.1, 0.15) is 94.6 Å². The quantitative estimate of drug-likeness (QED) is 0.283. The van der Waals surface area contributed by atoms with Crippen LogP contribution < -0.4 is 9.64 Å². The molecule has 0 unspecified atom stereocenters. The fourth-order valence-corrected chi connectivity index (χ4v) is 5.73. The van der Waals surface area contributed by atoms with Gasteiger partial charge in [-0.1, -0.05) is 95.0 Å². The third-order valence-electron chi connectivity index (χ3n) is 8.11. The van der Waals surface area contributed by atoms with Gasteiger partial charge < -0.3 is 14.4 Å². The van der Waals surface area contributed by atoms with Crippen LogP contribution in [0.2, 0.25) is 0 Å². The molecule has 2 aliphatic rings. The topological polar surface area (TPSA) is 55.8 Å². The third kappa shape index (κ3) is 6.41. The average molecular weight is 540 g/mol. The first-order valence-electron chi connectivity index (χ1n) is 14.6. The predicted octanol–water partition coefficient (Wildman–Crippen LogP) is 8.44. The van der Waals surface area contributed by atoms with E-state index in [0.29, 0.717) is 30.2 Å². The number of carbonyl (C=O) groups excluding carboxylic acids is 2. The van der Waals surface area contributed by atoms with Crippen LogP contribution in [0.3, 0.4) is 0 Å². The minimum Gasteiger partial charge on any atom is -0.452 e. The predicted molar refractivity (Wildman–Crippen MR) is 160 cm³/mol. The van der Waals surface area contributed by atoms with Crippen molar-refractivity contribution in [2.24, 2.45) is 5.92 Å². The number of fused-ring (bicyclic) bond motifs is 1. The lowest BCUT2D eigenvalue weighted by Gasteiger charge is -2.32. The number of hydrogen-bond acceptors (Lipinski definition) is 4. The molecule has 3 aromatic rings. The lowest BCUT2D eigenvalue weighted by Crippen LogP contribution is -2.39. The summed E-state index contributed by atoms with van der Waals surface area (Å²) in [5.41, 5.74) is 5.89. The summed E-state index contributed by atoms with van der Waals surface area (Å²) in [6.07, 6.45) is 6.39. The van der Waals surface area contributed by atoms with Crippen molar-refractivity contribution in [3.63, 3.8) is 0 Å². The van der Waals surface area contributed by atoms with E-state index in [0.717, 1.165) is 23.2 Å². The monoisotopic (exact) mass is 539 g/mol. The number of benzene rings is 3. The molecule has 5 rings (SSSR count). The molecule has 40 heavy (non-hydrogen) atoms. The average Bonchev–Trinajstić information content (AvgIpc) is 3.43. The molecule has 1 aliphatic heterocycles. The molecule has 0 saturated heterocycles. The third-order valence-corrected chi connectivity index (χ3v) is 8.11. The summed E-state index contributed by atoms with van der Waals surface area (Å²) in [6, 6.07) is 22.5. The van der Waals surface area contributed by atoms with Crippen molar-refractivity contribution in [1.82, 2.24) is 0 Å². The van der Waals surface area contributed by atoms with Crippen molar-refractivity contribution in [2.45, 2.75) is 90.9 Å². The molecule has 0 N–H and O–H groups in total. The summed E-state index contributed by atoms with van der Waals surface area (Å²) in [5.74, 6) is -0.297. The molecular formula is C35H41NO4. The number of ether oxygens (including phenoxy) is 2. The molecule has 1 saturated carbocycles. The van der Waals surface area contributed by atoms with Crippen LogP contribution >= 0.6 is 0 Å². The summed E-state index contributed by atoms with van der Waals surface area (Å²) < 4.78 is 11.3. The number of cyclic esters (lactones) is 1. The number of esters is 1. The Hall–Kier alpha value is -3.60. The zero-order chi connectivity index (χ0) is 28.5. The number of hydrogen-bond donors (Lipinski definition) is 0. The minimum atomic E-state index is -1.05. The van der Waals surface area contributed by atoms with Crippen molar-refractivity contribution < 1.29 is 19.1 Å². The maximum absolute atomic E-state index is 13.7. The van der Waals surface area contributed by atoms with Crippen LogP contribution in [0.25, 0.3) is 11.1 Å². The van der Waals surface area contributed by atoms with Gasteiger partial charge >= 0.3 is 5.97 Å². The van der Waals surface area contributed by atoms with Gasteiger partial charge in [0.05, 0.1) is 6.54 Å². The van der Waals surface area contributed by atoms with Crippen LogP contribution in [-0.2, 0) is 21.5 Å². The largest absolute Gasteiger partial charge is 0.452 e. The number of anilines is 1. The molecule has 0 aromatic heterocycles. The lowest BCUT2D eigenvalue weighted by molar-refractivity contribution is -0.127. The van der Waals surface area contributed by atoms with Gasteiger partial charge in [-0.15, -0.1) is 0 Å². The van der Waals surface area contributed by atoms with E-state index in [4.69, 9.17) is 9.47 Å². The van der Waals surface area contributed by atoms with Crippen molar-refractivity contribution in [2.75, 3.05) is 4.90 Å². The molecule has 210 valence electrons. The molecule has 5 nitrogen and oxygen atoms in total. The van der Waals surface area contributed by atoms with Gasteiger partial charge in [0.1, 0.15) is 11.3 Å². The molecule has 0 bridgehead atoms. The first kappa shape index (κ1) is 27.9. The van der Waals surface area contributed by atoms with Gasteiger partial charge in [-0.25, -0.2) is 4.79 Å². The van der Waals surface area contributed by atoms with E-state index in [2.05, 4.69) is 69.3 Å². The van der Waals surface area contributed by atoms with Crippen molar-refractivity contribution in [3.05, 3.63) is 83.4 Å².